The fraction of sp³-hybridized carbons (Fsp3) is 1.00. The molecule has 3 heteroatoms. The molecule has 0 amide bonds. The van der Waals surface area contributed by atoms with Crippen LogP contribution in [0.4, 0.5) is 0 Å². The van der Waals surface area contributed by atoms with Crippen molar-refractivity contribution in [2.75, 3.05) is 40.4 Å². The molecule has 72 valence electrons. The molecule has 0 radical (unpaired) electrons. The summed E-state index contributed by atoms with van der Waals surface area (Å²) in [5.41, 5.74) is 0. The molecule has 2 nitrogen and oxygen atoms in total. The standard InChI is InChI=1S/C9H21N2P/c1-11(2)8-9(12-3)4-6-10-7-5-9/h10,12H,4-8H2,1-3H3. The van der Waals surface area contributed by atoms with E-state index in [1.165, 1.54) is 32.5 Å². The lowest BCUT2D eigenvalue weighted by atomic mass is 9.96. The predicted molar refractivity (Wildman–Crippen MR) is 57.6 cm³/mol. The highest BCUT2D eigenvalue weighted by atomic mass is 31.1. The Kier molecular flexibility index (Phi) is 3.95. The largest absolute Gasteiger partial charge is 0.317 e. The van der Waals surface area contributed by atoms with Crippen molar-refractivity contribution in [1.29, 1.82) is 0 Å². The molecule has 0 aliphatic carbocycles. The highest BCUT2D eigenvalue weighted by Crippen LogP contribution is 2.37. The average Bonchev–Trinajstić information content (AvgIpc) is 2.05. The number of nitrogens with one attached hydrogen (secondary N) is 1. The third-order valence-electron chi connectivity index (χ3n) is 2.71. The Morgan fingerprint density at radius 2 is 1.92 bits per heavy atom. The SMILES string of the molecule is CPC1(CN(C)C)CCNCC1. The van der Waals surface area contributed by atoms with Gasteiger partial charge >= 0.3 is 0 Å². The zero-order chi connectivity index (χ0) is 9.03. The molecule has 1 heterocycles. The summed E-state index contributed by atoms with van der Waals surface area (Å²) in [6.07, 6.45) is 2.72. The zero-order valence-electron chi connectivity index (χ0n) is 8.48. The Hall–Kier alpha value is 0.350. The number of hydrogen-bond donors (Lipinski definition) is 1. The molecule has 0 aromatic carbocycles. The van der Waals surface area contributed by atoms with E-state index in [-0.39, 0.29) is 0 Å². The summed E-state index contributed by atoms with van der Waals surface area (Å²) in [4.78, 5) is 2.34. The first-order chi connectivity index (χ1) is 5.68. The Balaban J connectivity index is 2.48. The average molecular weight is 188 g/mol. The van der Waals surface area contributed by atoms with E-state index >= 15 is 0 Å². The van der Waals surface area contributed by atoms with Crippen LogP contribution in [-0.2, 0) is 0 Å². The van der Waals surface area contributed by atoms with Gasteiger partial charge in [-0.3, -0.25) is 0 Å². The molecule has 0 aromatic heterocycles. The van der Waals surface area contributed by atoms with E-state index in [1.807, 2.05) is 0 Å². The van der Waals surface area contributed by atoms with E-state index in [2.05, 4.69) is 31.0 Å². The van der Waals surface area contributed by atoms with Gasteiger partial charge in [0.05, 0.1) is 0 Å². The Morgan fingerprint density at radius 3 is 2.33 bits per heavy atom. The van der Waals surface area contributed by atoms with Crippen molar-refractivity contribution in [1.82, 2.24) is 10.2 Å². The summed E-state index contributed by atoms with van der Waals surface area (Å²) >= 11 is 0. The van der Waals surface area contributed by atoms with Gasteiger partial charge in [-0.05, 0) is 46.7 Å². The van der Waals surface area contributed by atoms with Gasteiger partial charge in [-0.15, -0.1) is 8.58 Å². The molecule has 1 rings (SSSR count). The molecule has 0 aromatic rings. The predicted octanol–water partition coefficient (Wildman–Crippen LogP) is 0.978. The second-order valence-electron chi connectivity index (χ2n) is 4.02. The highest BCUT2D eigenvalue weighted by molar-refractivity contribution is 7.39. The molecule has 0 spiro atoms. The lowest BCUT2D eigenvalue weighted by Crippen LogP contribution is -2.45. The van der Waals surface area contributed by atoms with Crippen molar-refractivity contribution >= 4 is 8.58 Å². The minimum absolute atomic E-state index is 0.634. The van der Waals surface area contributed by atoms with Crippen molar-refractivity contribution in [3.05, 3.63) is 0 Å². The molecule has 0 bridgehead atoms. The van der Waals surface area contributed by atoms with Gasteiger partial charge in [-0.1, -0.05) is 0 Å². The molecule has 1 aliphatic heterocycles. The van der Waals surface area contributed by atoms with Crippen molar-refractivity contribution in [3.63, 3.8) is 0 Å². The summed E-state index contributed by atoms with van der Waals surface area (Å²) in [7, 11) is 5.46. The molecule has 1 unspecified atom stereocenters. The first-order valence-electron chi connectivity index (χ1n) is 4.73. The number of nitrogens with zero attached hydrogens (tertiary/aromatic N) is 1. The normalized spacial score (nSPS) is 24.0. The van der Waals surface area contributed by atoms with E-state index in [1.54, 1.807) is 0 Å². The quantitative estimate of drug-likeness (QED) is 0.664. The van der Waals surface area contributed by atoms with Gasteiger partial charge < -0.3 is 10.2 Å². The van der Waals surface area contributed by atoms with Crippen LogP contribution in [0.1, 0.15) is 12.8 Å². The van der Waals surface area contributed by atoms with Gasteiger partial charge in [0.2, 0.25) is 0 Å². The lowest BCUT2D eigenvalue weighted by Gasteiger charge is -2.38. The van der Waals surface area contributed by atoms with E-state index in [9.17, 15) is 0 Å². The fourth-order valence-electron chi connectivity index (χ4n) is 2.00. The van der Waals surface area contributed by atoms with Crippen LogP contribution in [0.2, 0.25) is 0 Å². The summed E-state index contributed by atoms with van der Waals surface area (Å²) in [6.45, 7) is 6.06. The molecule has 12 heavy (non-hydrogen) atoms. The summed E-state index contributed by atoms with van der Waals surface area (Å²) in [6, 6.07) is 0. The zero-order valence-corrected chi connectivity index (χ0v) is 9.48. The fourth-order valence-corrected chi connectivity index (χ4v) is 3.22. The van der Waals surface area contributed by atoms with Gasteiger partial charge in [-0.25, -0.2) is 0 Å². The number of piperidine rings is 1. The molecule has 1 fully saturated rings. The summed E-state index contributed by atoms with van der Waals surface area (Å²) in [5, 5.41) is 4.07. The molecule has 1 N–H and O–H groups in total. The maximum atomic E-state index is 3.43. The van der Waals surface area contributed by atoms with Gasteiger partial charge in [-0.2, -0.15) is 0 Å². The van der Waals surface area contributed by atoms with Crippen LogP contribution < -0.4 is 5.32 Å². The Labute approximate surface area is 77.9 Å². The van der Waals surface area contributed by atoms with E-state index in [0.717, 1.165) is 8.58 Å². The van der Waals surface area contributed by atoms with Crippen molar-refractivity contribution in [3.8, 4) is 0 Å². The third-order valence-corrected chi connectivity index (χ3v) is 4.43. The third kappa shape index (κ3) is 2.69. The summed E-state index contributed by atoms with van der Waals surface area (Å²) in [5.74, 6) is 0. The first kappa shape index (κ1) is 10.4. The number of rotatable bonds is 3. The topological polar surface area (TPSA) is 15.3 Å². The van der Waals surface area contributed by atoms with Crippen LogP contribution in [0.3, 0.4) is 0 Å². The van der Waals surface area contributed by atoms with Crippen LogP contribution >= 0.6 is 8.58 Å². The van der Waals surface area contributed by atoms with Crippen molar-refractivity contribution in [2.45, 2.75) is 18.0 Å². The van der Waals surface area contributed by atoms with E-state index < -0.39 is 0 Å². The molecule has 0 saturated carbocycles. The second kappa shape index (κ2) is 4.55. The molecule has 1 aliphatic rings. The van der Waals surface area contributed by atoms with Crippen molar-refractivity contribution in [2.24, 2.45) is 0 Å². The highest BCUT2D eigenvalue weighted by Gasteiger charge is 2.30. The molecule has 1 saturated heterocycles. The minimum atomic E-state index is 0.634. The van der Waals surface area contributed by atoms with E-state index in [4.69, 9.17) is 0 Å². The van der Waals surface area contributed by atoms with Crippen LogP contribution in [0.15, 0.2) is 0 Å². The van der Waals surface area contributed by atoms with Crippen LogP contribution in [0.25, 0.3) is 0 Å². The smallest absolute Gasteiger partial charge is 0.00698 e. The first-order valence-corrected chi connectivity index (χ1v) is 6.23. The van der Waals surface area contributed by atoms with Gasteiger partial charge in [0.25, 0.3) is 0 Å². The van der Waals surface area contributed by atoms with Crippen LogP contribution in [0.5, 0.6) is 0 Å². The van der Waals surface area contributed by atoms with Gasteiger partial charge in [0.15, 0.2) is 0 Å². The Morgan fingerprint density at radius 1 is 1.33 bits per heavy atom. The summed E-state index contributed by atoms with van der Waals surface area (Å²) < 4.78 is 0. The maximum Gasteiger partial charge on any atom is 0.00698 e. The van der Waals surface area contributed by atoms with E-state index in [0.29, 0.717) is 5.16 Å². The minimum Gasteiger partial charge on any atom is -0.317 e. The Bertz CT molecular complexity index is 130. The van der Waals surface area contributed by atoms with Crippen LogP contribution in [-0.4, -0.2) is 50.5 Å². The monoisotopic (exact) mass is 188 g/mol. The molecular formula is C9H21N2P. The molecule has 1 atom stereocenters. The second-order valence-corrected chi connectivity index (χ2v) is 5.58. The molecular weight excluding hydrogens is 167 g/mol. The maximum absolute atomic E-state index is 3.43. The van der Waals surface area contributed by atoms with Crippen LogP contribution in [0, 0.1) is 0 Å². The van der Waals surface area contributed by atoms with Gasteiger partial charge in [0.1, 0.15) is 0 Å². The van der Waals surface area contributed by atoms with Crippen molar-refractivity contribution < 1.29 is 0 Å². The lowest BCUT2D eigenvalue weighted by molar-refractivity contribution is 0.299. The van der Waals surface area contributed by atoms with Gasteiger partial charge in [0, 0.05) is 11.7 Å². The number of hydrogen-bond acceptors (Lipinski definition) is 2.